The Labute approximate surface area is 420 Å². The highest BCUT2D eigenvalue weighted by molar-refractivity contribution is 7.16. The van der Waals surface area contributed by atoms with Crippen LogP contribution in [-0.2, 0) is 0 Å². The summed E-state index contributed by atoms with van der Waals surface area (Å²) in [7, 11) is 0. The van der Waals surface area contributed by atoms with Gasteiger partial charge in [0.05, 0.1) is 0 Å². The highest BCUT2D eigenvalue weighted by Gasteiger charge is 2.61. The second-order valence-electron chi connectivity index (χ2n) is 19.9. The minimum Gasteiger partial charge on any atom is -0.416 e. The first-order valence-corrected chi connectivity index (χ1v) is 25.2. The fourth-order valence-corrected chi connectivity index (χ4v) is 13.3. The third-order valence-corrected chi connectivity index (χ3v) is 16.3. The molecule has 0 aromatic heterocycles. The summed E-state index contributed by atoms with van der Waals surface area (Å²) in [5.41, 5.74) is 22.6. The van der Waals surface area contributed by atoms with Gasteiger partial charge in [-0.05, 0) is 135 Å². The van der Waals surface area contributed by atoms with E-state index in [0.717, 1.165) is 0 Å². The van der Waals surface area contributed by atoms with E-state index in [1.165, 1.54) is 133 Å². The molecule has 1 saturated heterocycles. The molecule has 0 amide bonds. The van der Waals surface area contributed by atoms with Gasteiger partial charge in [-0.2, -0.15) is 0 Å². The van der Waals surface area contributed by atoms with Crippen molar-refractivity contribution in [1.82, 2.24) is 0 Å². The second kappa shape index (κ2) is 15.3. The molecule has 3 nitrogen and oxygen atoms in total. The second-order valence-corrected chi connectivity index (χ2v) is 19.9. The molecule has 12 aromatic carbocycles. The van der Waals surface area contributed by atoms with E-state index < -0.39 is 0 Å². The lowest BCUT2D eigenvalue weighted by Gasteiger charge is -2.61. The van der Waals surface area contributed by atoms with Gasteiger partial charge in [-0.15, -0.1) is 0 Å². The molecule has 0 radical (unpaired) electrons. The number of hydrogen-bond donors (Lipinski definition) is 0. The number of rotatable bonds is 3. The van der Waals surface area contributed by atoms with Gasteiger partial charge in [0, 0.05) is 33.8 Å². The first kappa shape index (κ1) is 39.8. The minimum atomic E-state index is -0.150. The van der Waals surface area contributed by atoms with E-state index in [1.54, 1.807) is 0 Å². The maximum absolute atomic E-state index is 2.78. The lowest BCUT2D eigenvalue weighted by Crippen LogP contribution is -2.88. The van der Waals surface area contributed by atoms with E-state index in [2.05, 4.69) is 269 Å². The number of fused-ring (bicyclic) bond motifs is 24. The average Bonchev–Trinajstić information content (AvgIpc) is 3.46. The van der Waals surface area contributed by atoms with E-state index >= 15 is 0 Å². The van der Waals surface area contributed by atoms with Gasteiger partial charge in [0.25, 0.3) is 0 Å². The quantitative estimate of drug-likeness (QED) is 0.164. The van der Waals surface area contributed by atoms with Gasteiger partial charge >= 0.3 is 20.9 Å². The largest absolute Gasteiger partial charge is 0.416 e. The molecule has 0 atom stereocenters. The number of benzene rings is 12. The highest BCUT2D eigenvalue weighted by atomic mass is 15.3. The highest BCUT2D eigenvalue weighted by Crippen LogP contribution is 2.51. The van der Waals surface area contributed by atoms with Crippen LogP contribution in [0.4, 0.5) is 17.1 Å². The van der Waals surface area contributed by atoms with Crippen molar-refractivity contribution in [3.8, 4) is 66.8 Å². The van der Waals surface area contributed by atoms with Gasteiger partial charge in [-0.25, -0.2) is 0 Å². The summed E-state index contributed by atoms with van der Waals surface area (Å²) in [4.78, 5) is 0. The predicted octanol–water partition coefficient (Wildman–Crippen LogP) is 14.1. The number of hydrogen-bond acceptors (Lipinski definition) is 3. The maximum atomic E-state index is 2.78. The van der Waals surface area contributed by atoms with Crippen molar-refractivity contribution >= 4 is 86.7 Å². The third kappa shape index (κ3) is 5.60. The monoisotopic (exact) mass is 909 g/mol. The normalized spacial score (nSPS) is 13.7. The van der Waals surface area contributed by atoms with Crippen LogP contribution < -0.4 is 30.6 Å². The summed E-state index contributed by atoms with van der Waals surface area (Å²) in [6, 6.07) is 96.0. The molecule has 4 aliphatic rings. The summed E-state index contributed by atoms with van der Waals surface area (Å²) in [6.07, 6.45) is 0. The summed E-state index contributed by atoms with van der Waals surface area (Å²) >= 11 is 0. The van der Waals surface area contributed by atoms with Crippen LogP contribution in [0.25, 0.3) is 99.1 Å². The molecule has 4 heterocycles. The number of nitrogens with zero attached hydrogens (tertiary/aromatic N) is 3. The smallest absolute Gasteiger partial charge is 0.389 e. The molecule has 72 heavy (non-hydrogen) atoms. The van der Waals surface area contributed by atoms with E-state index in [9.17, 15) is 0 Å². The van der Waals surface area contributed by atoms with Gasteiger partial charge in [0.2, 0.25) is 0 Å². The van der Waals surface area contributed by atoms with E-state index in [-0.39, 0.29) is 20.9 Å². The van der Waals surface area contributed by atoms with Gasteiger partial charge in [0.1, 0.15) is 0 Å². The molecular weight excluding hydrogens is 867 g/mol. The molecule has 330 valence electrons. The lowest BCUT2D eigenvalue weighted by atomic mass is 9.34. The van der Waals surface area contributed by atoms with Crippen molar-refractivity contribution in [2.75, 3.05) is 14.2 Å². The molecule has 1 fully saturated rings. The van der Waals surface area contributed by atoms with Crippen molar-refractivity contribution in [1.29, 1.82) is 0 Å². The Hall–Kier alpha value is -8.99. The zero-order valence-corrected chi connectivity index (χ0v) is 39.3. The Bertz CT molecular complexity index is 3800. The number of anilines is 3. The van der Waals surface area contributed by atoms with Gasteiger partial charge < -0.3 is 14.2 Å². The Balaban J connectivity index is 0.973. The molecule has 0 aliphatic carbocycles. The van der Waals surface area contributed by atoms with Crippen LogP contribution in [0.15, 0.2) is 255 Å². The van der Waals surface area contributed by atoms with Crippen LogP contribution >= 0.6 is 0 Å². The molecule has 4 aliphatic heterocycles. The van der Waals surface area contributed by atoms with E-state index in [4.69, 9.17) is 0 Å². The van der Waals surface area contributed by atoms with Crippen LogP contribution in [0.2, 0.25) is 0 Å². The van der Waals surface area contributed by atoms with Crippen molar-refractivity contribution in [3.05, 3.63) is 255 Å². The van der Waals surface area contributed by atoms with Crippen LogP contribution in [0.5, 0.6) is 0 Å². The van der Waals surface area contributed by atoms with E-state index in [1.807, 2.05) is 0 Å². The van der Waals surface area contributed by atoms with Crippen molar-refractivity contribution in [3.63, 3.8) is 0 Å². The van der Waals surface area contributed by atoms with E-state index in [0.29, 0.717) is 0 Å². The maximum Gasteiger partial charge on any atom is 0.389 e. The Morgan fingerprint density at radius 2 is 0.472 bits per heavy atom. The molecule has 16 rings (SSSR count). The predicted molar refractivity (Wildman–Crippen MR) is 308 cm³/mol. The fraction of sp³-hybridized carbons (Fsp3) is 0. The molecule has 0 unspecified atom stereocenters. The molecule has 0 bridgehead atoms. The summed E-state index contributed by atoms with van der Waals surface area (Å²) in [5.74, 6) is 0. The zero-order chi connectivity index (χ0) is 47.0. The third-order valence-electron chi connectivity index (χ3n) is 16.3. The summed E-state index contributed by atoms with van der Waals surface area (Å²) < 4.78 is 8.33. The van der Waals surface area contributed by atoms with Crippen LogP contribution in [0.3, 0.4) is 0 Å². The van der Waals surface area contributed by atoms with Crippen LogP contribution in [0, 0.1) is 0 Å². The van der Waals surface area contributed by atoms with Gasteiger partial charge in [0.15, 0.2) is 0 Å². The molecule has 0 N–H and O–H groups in total. The summed E-state index contributed by atoms with van der Waals surface area (Å²) in [6.45, 7) is -0.449. The Kier molecular flexibility index (Phi) is 8.44. The first-order valence-electron chi connectivity index (χ1n) is 25.2. The Morgan fingerprint density at radius 1 is 0.208 bits per heavy atom. The molecular formula is C66H42B3N3. The first-order chi connectivity index (χ1) is 35.7. The zero-order valence-electron chi connectivity index (χ0n) is 39.3. The van der Waals surface area contributed by atoms with Crippen molar-refractivity contribution < 1.29 is 0 Å². The van der Waals surface area contributed by atoms with Gasteiger partial charge in [-0.3, -0.25) is 0 Å². The molecule has 12 aromatic rings. The summed E-state index contributed by atoms with van der Waals surface area (Å²) in [5, 5.41) is 7.54. The van der Waals surface area contributed by atoms with Gasteiger partial charge in [-0.1, -0.05) is 218 Å². The van der Waals surface area contributed by atoms with Crippen LogP contribution in [0.1, 0.15) is 0 Å². The molecule has 6 heteroatoms. The lowest BCUT2D eigenvalue weighted by molar-refractivity contribution is 1.27. The topological polar surface area (TPSA) is 9.72 Å². The SMILES string of the molecule is c1ccc2c(c1)B1N(B3c4ccccc4-c4cc(-c5cccc6ccccc56)ccc4N3B3c4ccccc4-c4cc(-c5cccc6ccccc56)ccc4N13)c1ccc(-c3cccc4ccccc34)cc1-2. The Morgan fingerprint density at radius 3 is 0.806 bits per heavy atom. The average molecular weight is 910 g/mol. The standard InChI is InChI=1S/C66H42B3N3/c1-4-22-49-43(16-1)19-13-28-52(49)46-34-37-64-58(40-46)55-25-7-10-31-61(55)67-70(64)68-62-32-11-8-26-56(62)59-41-48(54-30-15-21-45-18-3-6-24-51(45)54)36-39-66(59)72(68)69-63-33-12-9-27-57(63)60-42-47(35-38-65(60)71(67)69)53-29-14-20-44-17-2-5-23-50(44)53/h1-42H. The fourth-order valence-electron chi connectivity index (χ4n) is 13.3. The molecule has 0 saturated carbocycles. The molecule has 0 spiro atoms. The minimum absolute atomic E-state index is 0.150. The van der Waals surface area contributed by atoms with Crippen LogP contribution in [-0.4, -0.2) is 20.9 Å². The van der Waals surface area contributed by atoms with Crippen molar-refractivity contribution in [2.45, 2.75) is 0 Å². The van der Waals surface area contributed by atoms with Crippen molar-refractivity contribution in [2.24, 2.45) is 0 Å².